The van der Waals surface area contributed by atoms with Crippen LogP contribution in [-0.4, -0.2) is 18.5 Å². The summed E-state index contributed by atoms with van der Waals surface area (Å²) in [6.45, 7) is 0. The van der Waals surface area contributed by atoms with Crippen molar-refractivity contribution in [2.45, 2.75) is 21.4 Å². The van der Waals surface area contributed by atoms with Crippen molar-refractivity contribution in [1.29, 1.82) is 0 Å². The molecule has 18 heavy (non-hydrogen) atoms. The minimum atomic E-state index is -3.30. The number of rotatable bonds is 2. The Morgan fingerprint density at radius 1 is 1.11 bits per heavy atom. The first-order valence-corrected chi connectivity index (χ1v) is 8.61. The number of hydrogen-bond acceptors (Lipinski definition) is 2. The Balaban J connectivity index is 1.75. The van der Waals surface area contributed by atoms with Gasteiger partial charge in [0.15, 0.2) is 9.84 Å². The Morgan fingerprint density at radius 2 is 1.78 bits per heavy atom. The van der Waals surface area contributed by atoms with Crippen LogP contribution in [0, 0.1) is 29.5 Å². The maximum Gasteiger partial charge on any atom is 0.181 e. The lowest BCUT2D eigenvalue weighted by Crippen LogP contribution is -2.27. The van der Waals surface area contributed by atoms with E-state index >= 15 is 0 Å². The van der Waals surface area contributed by atoms with E-state index in [1.807, 2.05) is 0 Å². The Hall–Kier alpha value is -0.420. The summed E-state index contributed by atoms with van der Waals surface area (Å²) in [6, 6.07) is 5.23. The molecule has 5 heteroatoms. The zero-order valence-corrected chi connectivity index (χ0v) is 11.9. The van der Waals surface area contributed by atoms with Gasteiger partial charge in [0.2, 0.25) is 0 Å². The van der Waals surface area contributed by atoms with Gasteiger partial charge in [-0.25, -0.2) is 12.8 Å². The molecule has 0 heterocycles. The average Bonchev–Trinajstić information content (AvgIpc) is 2.65. The molecule has 0 saturated heterocycles. The molecule has 0 N–H and O–H groups in total. The van der Waals surface area contributed by atoms with Gasteiger partial charge < -0.3 is 0 Å². The van der Waals surface area contributed by atoms with E-state index in [0.29, 0.717) is 22.6 Å². The van der Waals surface area contributed by atoms with Crippen molar-refractivity contribution in [3.8, 4) is 0 Å². The molecule has 0 radical (unpaired) electrons. The van der Waals surface area contributed by atoms with Crippen LogP contribution in [-0.2, 0) is 9.84 Å². The quantitative estimate of drug-likeness (QED) is 0.617. The van der Waals surface area contributed by atoms with Gasteiger partial charge in [-0.3, -0.25) is 0 Å². The topological polar surface area (TPSA) is 34.1 Å². The van der Waals surface area contributed by atoms with Gasteiger partial charge in [-0.2, -0.15) is 0 Å². The van der Waals surface area contributed by atoms with E-state index in [0.717, 1.165) is 6.42 Å². The minimum absolute atomic E-state index is 0.248. The van der Waals surface area contributed by atoms with Crippen molar-refractivity contribution in [2.24, 2.45) is 23.7 Å². The molecule has 1 aromatic carbocycles. The fraction of sp³-hybridized carbons (Fsp3) is 0.538. The SMILES string of the molecule is O=S(=O)(c1ccc(F)cc1)C1C2CC3C(C2Br)C31. The van der Waals surface area contributed by atoms with Gasteiger partial charge in [-0.05, 0) is 54.4 Å². The molecule has 1 aromatic rings. The van der Waals surface area contributed by atoms with Gasteiger partial charge in [0, 0.05) is 4.83 Å². The largest absolute Gasteiger partial charge is 0.223 e. The van der Waals surface area contributed by atoms with E-state index < -0.39 is 15.7 Å². The third-order valence-corrected chi connectivity index (χ3v) is 8.51. The maximum absolute atomic E-state index is 12.9. The van der Waals surface area contributed by atoms with E-state index in [4.69, 9.17) is 0 Å². The smallest absolute Gasteiger partial charge is 0.181 e. The lowest BCUT2D eigenvalue weighted by Gasteiger charge is -2.17. The van der Waals surface area contributed by atoms with E-state index in [9.17, 15) is 12.8 Å². The molecule has 6 unspecified atom stereocenters. The minimum Gasteiger partial charge on any atom is -0.223 e. The molecule has 0 amide bonds. The Kier molecular flexibility index (Phi) is 2.13. The standard InChI is InChI=1S/C13H12BrFO2S/c14-12-9-5-8-10(12)11(8)13(9)18(16,17)7-3-1-6(15)2-4-7/h1-4,8-13H,5H2. The second-order valence-corrected chi connectivity index (χ2v) is 8.79. The fourth-order valence-corrected chi connectivity index (χ4v) is 8.06. The first-order valence-electron chi connectivity index (χ1n) is 6.15. The van der Waals surface area contributed by atoms with Gasteiger partial charge in [-0.15, -0.1) is 0 Å². The monoisotopic (exact) mass is 330 g/mol. The highest BCUT2D eigenvalue weighted by Crippen LogP contribution is 2.74. The summed E-state index contributed by atoms with van der Waals surface area (Å²) < 4.78 is 38.1. The molecule has 0 aliphatic heterocycles. The van der Waals surface area contributed by atoms with E-state index in [1.165, 1.54) is 24.3 Å². The van der Waals surface area contributed by atoms with Crippen LogP contribution in [0.25, 0.3) is 0 Å². The summed E-state index contributed by atoms with van der Waals surface area (Å²) in [7, 11) is -3.30. The van der Waals surface area contributed by atoms with Crippen LogP contribution in [0.5, 0.6) is 0 Å². The average molecular weight is 331 g/mol. The highest BCUT2D eigenvalue weighted by Gasteiger charge is 2.75. The van der Waals surface area contributed by atoms with E-state index in [-0.39, 0.29) is 16.1 Å². The van der Waals surface area contributed by atoms with Gasteiger partial charge in [0.1, 0.15) is 5.82 Å². The molecule has 0 spiro atoms. The Bertz CT molecular complexity index is 612. The molecular formula is C13H12BrFO2S. The fourth-order valence-electron chi connectivity index (χ4n) is 4.20. The summed E-state index contributed by atoms with van der Waals surface area (Å²) in [4.78, 5) is 0.638. The third-order valence-electron chi connectivity index (χ3n) is 4.92. The summed E-state index contributed by atoms with van der Waals surface area (Å²) in [5, 5.41) is -0.248. The lowest BCUT2D eigenvalue weighted by atomic mass is 10.1. The number of sulfone groups is 1. The van der Waals surface area contributed by atoms with Crippen molar-refractivity contribution in [1.82, 2.24) is 0 Å². The highest BCUT2D eigenvalue weighted by atomic mass is 79.9. The molecule has 6 atom stereocenters. The molecule has 2 nitrogen and oxygen atoms in total. The first kappa shape index (κ1) is 11.4. The first-order chi connectivity index (χ1) is 8.51. The van der Waals surface area contributed by atoms with Gasteiger partial charge in [-0.1, -0.05) is 15.9 Å². The number of halogens is 2. The van der Waals surface area contributed by atoms with Crippen LogP contribution in [0.2, 0.25) is 0 Å². The van der Waals surface area contributed by atoms with Gasteiger partial charge in [0.25, 0.3) is 0 Å². The molecule has 5 rings (SSSR count). The molecule has 4 aliphatic carbocycles. The van der Waals surface area contributed by atoms with Crippen molar-refractivity contribution < 1.29 is 12.8 Å². The second kappa shape index (κ2) is 3.37. The van der Waals surface area contributed by atoms with Crippen molar-refractivity contribution >= 4 is 25.8 Å². The van der Waals surface area contributed by atoms with Crippen LogP contribution >= 0.6 is 15.9 Å². The zero-order chi connectivity index (χ0) is 12.7. The summed E-state index contributed by atoms with van der Waals surface area (Å²) in [5.41, 5.74) is 0. The summed E-state index contributed by atoms with van der Waals surface area (Å²) in [6.07, 6.45) is 1.04. The predicted octanol–water partition coefficient (Wildman–Crippen LogP) is 2.63. The molecule has 4 aliphatic rings. The maximum atomic E-state index is 12.9. The molecule has 4 saturated carbocycles. The third kappa shape index (κ3) is 1.24. The van der Waals surface area contributed by atoms with E-state index in [1.54, 1.807) is 0 Å². The van der Waals surface area contributed by atoms with E-state index in [2.05, 4.69) is 15.9 Å². The number of benzene rings is 1. The van der Waals surface area contributed by atoms with Crippen LogP contribution < -0.4 is 0 Å². The van der Waals surface area contributed by atoms with Crippen molar-refractivity contribution in [3.05, 3.63) is 30.1 Å². The molecule has 96 valence electrons. The van der Waals surface area contributed by atoms with Crippen LogP contribution in [0.4, 0.5) is 4.39 Å². The Labute approximate surface area is 114 Å². The number of hydrogen-bond donors (Lipinski definition) is 0. The normalized spacial score (nSPS) is 44.3. The van der Waals surface area contributed by atoms with Gasteiger partial charge >= 0.3 is 0 Å². The highest BCUT2D eigenvalue weighted by molar-refractivity contribution is 9.09. The van der Waals surface area contributed by atoms with Crippen molar-refractivity contribution in [2.75, 3.05) is 0 Å². The van der Waals surface area contributed by atoms with Crippen LogP contribution in [0.1, 0.15) is 6.42 Å². The molecule has 0 aromatic heterocycles. The summed E-state index contributed by atoms with van der Waals surface area (Å²) >= 11 is 3.64. The van der Waals surface area contributed by atoms with Crippen LogP contribution in [0.15, 0.2) is 29.2 Å². The molecule has 4 fully saturated rings. The lowest BCUT2D eigenvalue weighted by molar-refractivity contribution is 0.547. The predicted molar refractivity (Wildman–Crippen MR) is 68.7 cm³/mol. The second-order valence-electron chi connectivity index (χ2n) is 5.63. The van der Waals surface area contributed by atoms with Gasteiger partial charge in [0.05, 0.1) is 10.1 Å². The summed E-state index contributed by atoms with van der Waals surface area (Å²) in [5.74, 6) is 1.37. The molecular weight excluding hydrogens is 319 g/mol. The number of alkyl halides is 1. The van der Waals surface area contributed by atoms with Crippen molar-refractivity contribution in [3.63, 3.8) is 0 Å². The zero-order valence-electron chi connectivity index (χ0n) is 9.46. The Morgan fingerprint density at radius 3 is 2.22 bits per heavy atom. The molecule has 4 bridgehead atoms. The van der Waals surface area contributed by atoms with Crippen LogP contribution in [0.3, 0.4) is 0 Å².